The Hall–Kier alpha value is -6.43. The Bertz CT molecular complexity index is 2770. The molecule has 0 saturated carbocycles. The lowest BCUT2D eigenvalue weighted by molar-refractivity contribution is -0.145. The topological polar surface area (TPSA) is 107 Å². The van der Waals surface area contributed by atoms with E-state index < -0.39 is 107 Å². The monoisotopic (exact) mass is 1060 g/mol. The number of alkyl halides is 12. The highest BCUT2D eigenvalue weighted by Crippen LogP contribution is 2.48. The van der Waals surface area contributed by atoms with Crippen LogP contribution in [0, 0.1) is 11.6 Å². The van der Waals surface area contributed by atoms with Crippen molar-refractivity contribution in [3.8, 4) is 0 Å². The van der Waals surface area contributed by atoms with Crippen LogP contribution in [0.15, 0.2) is 97.6 Å². The SMILES string of the molecule is C[C@@H](OC1CN2C(=O)CCC(n3cnnc3)C2[C@@H]1c1ccc(F)cc1)c1cc(C(F)(F)F)cc(C(F)(F)F)c1.C[C@@H](O[C@H]1CN2C(=O)CCC(=O)[C@H]2[C@@H]1c1ccc(F)cc1)c1cc(C(F)(F)F)cc(C(F)(F)F)c1. The second-order valence-electron chi connectivity index (χ2n) is 18.5. The Balaban J connectivity index is 0.000000198. The van der Waals surface area contributed by atoms with Gasteiger partial charge in [0, 0.05) is 44.2 Å². The summed E-state index contributed by atoms with van der Waals surface area (Å²) in [6.07, 6.45) is -20.5. The highest BCUT2D eigenvalue weighted by atomic mass is 19.4. The van der Waals surface area contributed by atoms with Crippen molar-refractivity contribution in [2.75, 3.05) is 13.1 Å². The van der Waals surface area contributed by atoms with Gasteiger partial charge in [0.2, 0.25) is 11.8 Å². The first-order valence-corrected chi connectivity index (χ1v) is 22.9. The average molecular weight is 1060 g/mol. The van der Waals surface area contributed by atoms with Crippen LogP contribution in [0.5, 0.6) is 0 Å². The molecule has 4 saturated heterocycles. The molecule has 4 aliphatic heterocycles. The van der Waals surface area contributed by atoms with Gasteiger partial charge in [-0.15, -0.1) is 10.2 Å². The van der Waals surface area contributed by atoms with Crippen molar-refractivity contribution in [2.45, 2.75) is 119 Å². The summed E-state index contributed by atoms with van der Waals surface area (Å²) in [5, 5.41) is 7.70. The van der Waals surface area contributed by atoms with E-state index in [1.54, 1.807) is 21.6 Å². The number of ketones is 1. The van der Waals surface area contributed by atoms with Crippen LogP contribution in [0.1, 0.15) is 114 Å². The average Bonchev–Trinajstić information content (AvgIpc) is 4.09. The van der Waals surface area contributed by atoms with Crippen molar-refractivity contribution in [1.82, 2.24) is 24.6 Å². The molecule has 3 unspecified atom stereocenters. The van der Waals surface area contributed by atoms with E-state index in [0.29, 0.717) is 41.8 Å². The van der Waals surface area contributed by atoms with Gasteiger partial charge in [-0.25, -0.2) is 8.78 Å². The van der Waals surface area contributed by atoms with Crippen molar-refractivity contribution in [2.24, 2.45) is 0 Å². The summed E-state index contributed by atoms with van der Waals surface area (Å²) in [5.41, 5.74) is -5.39. The first-order valence-electron chi connectivity index (χ1n) is 22.9. The molecular formula is C50H43F14N5O5. The van der Waals surface area contributed by atoms with Crippen LogP contribution in [0.2, 0.25) is 0 Å². The fraction of sp³-hybridized carbons (Fsp3) is 0.420. The molecule has 9 rings (SSSR count). The van der Waals surface area contributed by atoms with Crippen molar-refractivity contribution in [1.29, 1.82) is 0 Å². The summed E-state index contributed by atoms with van der Waals surface area (Å²) in [4.78, 5) is 41.1. The van der Waals surface area contributed by atoms with Gasteiger partial charge in [0.15, 0.2) is 5.78 Å². The van der Waals surface area contributed by atoms with Gasteiger partial charge in [0.25, 0.3) is 0 Å². The molecule has 0 radical (unpaired) electrons. The lowest BCUT2D eigenvalue weighted by Crippen LogP contribution is -2.47. The third kappa shape index (κ3) is 11.4. The molecular weight excluding hydrogens is 1020 g/mol. The van der Waals surface area contributed by atoms with E-state index in [0.717, 1.165) is 12.1 Å². The summed E-state index contributed by atoms with van der Waals surface area (Å²) in [7, 11) is 0. The lowest BCUT2D eigenvalue weighted by atomic mass is 9.82. The van der Waals surface area contributed by atoms with Crippen molar-refractivity contribution < 1.29 is 85.3 Å². The first-order chi connectivity index (χ1) is 34.6. The normalized spacial score (nSPS) is 24.3. The number of hydrogen-bond acceptors (Lipinski definition) is 7. The van der Waals surface area contributed by atoms with Gasteiger partial charge in [0.1, 0.15) is 24.3 Å². The Morgan fingerprint density at radius 1 is 0.527 bits per heavy atom. The van der Waals surface area contributed by atoms with E-state index in [1.165, 1.54) is 55.7 Å². The van der Waals surface area contributed by atoms with Crippen LogP contribution < -0.4 is 0 Å². The predicted octanol–water partition coefficient (Wildman–Crippen LogP) is 11.6. The number of fused-ring (bicyclic) bond motifs is 2. The third-order valence-corrected chi connectivity index (χ3v) is 13.8. The third-order valence-electron chi connectivity index (χ3n) is 13.8. The molecule has 10 nitrogen and oxygen atoms in total. The zero-order valence-electron chi connectivity index (χ0n) is 38.7. The van der Waals surface area contributed by atoms with Crippen LogP contribution in [-0.4, -0.2) is 79.5 Å². The highest BCUT2D eigenvalue weighted by Gasteiger charge is 2.53. The van der Waals surface area contributed by atoms with Crippen molar-refractivity contribution in [3.05, 3.63) is 154 Å². The first kappa shape index (κ1) is 53.8. The number of benzene rings is 4. The summed E-state index contributed by atoms with van der Waals surface area (Å²) in [6.45, 7) is 2.65. The largest absolute Gasteiger partial charge is 0.416 e. The summed E-state index contributed by atoms with van der Waals surface area (Å²) in [5.74, 6) is -3.05. The summed E-state index contributed by atoms with van der Waals surface area (Å²) in [6, 6.07) is 11.6. The molecule has 0 N–H and O–H groups in total. The number of Topliss-reactive ketones (excluding diaryl/α,β-unsaturated/α-hetero) is 1. The van der Waals surface area contributed by atoms with Gasteiger partial charge in [-0.3, -0.25) is 14.4 Å². The molecule has 396 valence electrons. The number of amides is 2. The number of carbonyl (C=O) groups is 3. The van der Waals surface area contributed by atoms with E-state index in [4.69, 9.17) is 9.47 Å². The maximum atomic E-state index is 13.8. The van der Waals surface area contributed by atoms with E-state index in [9.17, 15) is 75.8 Å². The van der Waals surface area contributed by atoms with Gasteiger partial charge in [0.05, 0.1) is 64.8 Å². The zero-order chi connectivity index (χ0) is 53.8. The molecule has 2 amide bonds. The number of carbonyl (C=O) groups excluding carboxylic acids is 3. The summed E-state index contributed by atoms with van der Waals surface area (Å²) >= 11 is 0. The van der Waals surface area contributed by atoms with E-state index >= 15 is 0 Å². The van der Waals surface area contributed by atoms with Crippen molar-refractivity contribution in [3.63, 3.8) is 0 Å². The van der Waals surface area contributed by atoms with Crippen LogP contribution in [0.4, 0.5) is 61.5 Å². The molecule has 74 heavy (non-hydrogen) atoms. The quantitative estimate of drug-likeness (QED) is 0.135. The fourth-order valence-corrected chi connectivity index (χ4v) is 10.4. The maximum absolute atomic E-state index is 13.8. The van der Waals surface area contributed by atoms with E-state index in [-0.39, 0.29) is 79.3 Å². The Morgan fingerprint density at radius 3 is 1.35 bits per heavy atom. The smallest absolute Gasteiger partial charge is 0.368 e. The Morgan fingerprint density at radius 2 is 0.919 bits per heavy atom. The summed E-state index contributed by atoms with van der Waals surface area (Å²) < 4.78 is 202. The number of nitrogens with zero attached hydrogens (tertiary/aromatic N) is 5. The number of piperidine rings is 2. The predicted molar refractivity (Wildman–Crippen MR) is 231 cm³/mol. The van der Waals surface area contributed by atoms with Gasteiger partial charge in [-0.05, 0) is 103 Å². The zero-order valence-corrected chi connectivity index (χ0v) is 38.7. The van der Waals surface area contributed by atoms with E-state index in [2.05, 4.69) is 10.2 Å². The number of hydrogen-bond donors (Lipinski definition) is 0. The number of ether oxygens (including phenoxy) is 2. The minimum atomic E-state index is -5.01. The molecule has 0 aliphatic carbocycles. The van der Waals surface area contributed by atoms with Crippen LogP contribution in [-0.2, 0) is 48.6 Å². The second-order valence-corrected chi connectivity index (χ2v) is 18.5. The van der Waals surface area contributed by atoms with E-state index in [1.807, 2.05) is 0 Å². The minimum absolute atomic E-state index is 0.00252. The van der Waals surface area contributed by atoms with Crippen LogP contribution >= 0.6 is 0 Å². The molecule has 24 heteroatoms. The van der Waals surface area contributed by atoms with Gasteiger partial charge in [-0.1, -0.05) is 24.3 Å². The molecule has 4 aromatic carbocycles. The lowest BCUT2D eigenvalue weighted by Gasteiger charge is -2.39. The second kappa shape index (κ2) is 20.4. The van der Waals surface area contributed by atoms with Crippen LogP contribution in [0.25, 0.3) is 0 Å². The van der Waals surface area contributed by atoms with Gasteiger partial charge in [-0.2, -0.15) is 52.7 Å². The number of rotatable bonds is 9. The molecule has 0 spiro atoms. The molecule has 1 aromatic heterocycles. The standard InChI is InChI=1S/C26H23F7N4O2.C24H20F7NO3/c1-14(16-8-17(25(28,29)30)10-18(9-16)26(31,32)33)39-21-11-37-22(38)7-6-20(36-12-34-35-13-36)24(37)23(21)15-2-4-19(27)5-3-15;1-12(14-8-15(23(26,27)28)10-16(9-14)24(29,30)31)35-19-11-32-20(34)7-6-18(33)22(32)21(19)13-2-4-17(25)5-3-13/h2-5,8-10,12-14,20-21,23-24H,6-7,11H2,1H3;2-5,8-10,12,19,21-22H,6-7,11H2,1H3/t14-,20?,21?,23-,24?;12-,19+,21-,22+/m11/s1. The fourth-order valence-electron chi connectivity index (χ4n) is 10.4. The highest BCUT2D eigenvalue weighted by molar-refractivity contribution is 5.97. The molecule has 5 aromatic rings. The molecule has 9 atom stereocenters. The number of halogens is 14. The minimum Gasteiger partial charge on any atom is -0.368 e. The number of aromatic nitrogens is 3. The van der Waals surface area contributed by atoms with Crippen molar-refractivity contribution >= 4 is 17.6 Å². The van der Waals surface area contributed by atoms with Gasteiger partial charge < -0.3 is 23.8 Å². The molecule has 5 heterocycles. The van der Waals surface area contributed by atoms with Crippen LogP contribution in [0.3, 0.4) is 0 Å². The maximum Gasteiger partial charge on any atom is 0.416 e. The molecule has 4 aliphatic rings. The Labute approximate surface area is 412 Å². The molecule has 4 fully saturated rings. The molecule has 0 bridgehead atoms. The Kier molecular flexibility index (Phi) is 14.8. The van der Waals surface area contributed by atoms with Gasteiger partial charge >= 0.3 is 24.7 Å².